The van der Waals surface area contributed by atoms with Gasteiger partial charge in [-0.15, -0.1) is 10.2 Å². The molecule has 0 saturated heterocycles. The second-order valence-corrected chi connectivity index (χ2v) is 3.95. The van der Waals surface area contributed by atoms with Crippen molar-refractivity contribution in [2.45, 2.75) is 6.18 Å². The molecule has 0 fully saturated rings. The molecule has 1 aromatic heterocycles. The number of nitrogens with zero attached hydrogens (tertiary/aromatic N) is 2. The van der Waals surface area contributed by atoms with Gasteiger partial charge in [0.05, 0.1) is 5.56 Å². The predicted molar refractivity (Wildman–Crippen MR) is 61.7 cm³/mol. The average Bonchev–Trinajstić information content (AvgIpc) is 2.33. The van der Waals surface area contributed by atoms with Gasteiger partial charge in [-0.1, -0.05) is 11.6 Å². The summed E-state index contributed by atoms with van der Waals surface area (Å²) >= 11 is 5.52. The lowest BCUT2D eigenvalue weighted by molar-refractivity contribution is -0.139. The van der Waals surface area contributed by atoms with E-state index in [0.717, 1.165) is 6.07 Å². The highest BCUT2D eigenvalue weighted by Gasteiger charge is 2.34. The second-order valence-electron chi connectivity index (χ2n) is 3.56. The van der Waals surface area contributed by atoms with Gasteiger partial charge in [0.2, 0.25) is 0 Å². The fraction of sp³-hybridized carbons (Fsp3) is 0.0909. The Kier molecular flexibility index (Phi) is 3.57. The summed E-state index contributed by atoms with van der Waals surface area (Å²) in [6.07, 6.45) is -4.76. The van der Waals surface area contributed by atoms with E-state index in [1.165, 1.54) is 18.2 Å². The molecule has 0 spiro atoms. The number of anilines is 2. The number of halogens is 5. The first-order valence-electron chi connectivity index (χ1n) is 4.99. The van der Waals surface area contributed by atoms with Crippen LogP contribution < -0.4 is 5.32 Å². The van der Waals surface area contributed by atoms with Gasteiger partial charge in [-0.25, -0.2) is 4.39 Å². The van der Waals surface area contributed by atoms with Crippen LogP contribution in [0.3, 0.4) is 0 Å². The number of hydrogen-bond donors (Lipinski definition) is 1. The quantitative estimate of drug-likeness (QED) is 0.849. The van der Waals surface area contributed by atoms with Gasteiger partial charge in [0.15, 0.2) is 11.0 Å². The summed E-state index contributed by atoms with van der Waals surface area (Å²) in [7, 11) is 0. The van der Waals surface area contributed by atoms with Crippen LogP contribution in [0.1, 0.15) is 5.56 Å². The van der Waals surface area contributed by atoms with Crippen LogP contribution in [0.25, 0.3) is 0 Å². The molecule has 0 radical (unpaired) electrons. The van der Waals surface area contributed by atoms with E-state index in [4.69, 9.17) is 11.6 Å². The SMILES string of the molecule is Fc1ccc(Nc2ccc(Cl)nn2)cc1C(F)(F)F. The fourth-order valence-corrected chi connectivity index (χ4v) is 1.45. The molecule has 0 atom stereocenters. The smallest absolute Gasteiger partial charge is 0.339 e. The molecule has 100 valence electrons. The summed E-state index contributed by atoms with van der Waals surface area (Å²) < 4.78 is 50.6. The molecule has 0 unspecified atom stereocenters. The van der Waals surface area contributed by atoms with Gasteiger partial charge in [-0.05, 0) is 30.3 Å². The Bertz CT molecular complexity index is 583. The minimum atomic E-state index is -4.76. The standard InChI is InChI=1S/C11H6ClF4N3/c12-9-3-4-10(19-18-9)17-6-1-2-8(13)7(5-6)11(14,15)16/h1-5H,(H,17,19). The minimum Gasteiger partial charge on any atom is -0.339 e. The van der Waals surface area contributed by atoms with Gasteiger partial charge in [-0.3, -0.25) is 0 Å². The maximum atomic E-state index is 13.1. The van der Waals surface area contributed by atoms with Crippen molar-refractivity contribution in [3.05, 3.63) is 46.9 Å². The highest BCUT2D eigenvalue weighted by molar-refractivity contribution is 6.29. The van der Waals surface area contributed by atoms with E-state index in [9.17, 15) is 17.6 Å². The topological polar surface area (TPSA) is 37.8 Å². The maximum Gasteiger partial charge on any atom is 0.419 e. The zero-order valence-corrected chi connectivity index (χ0v) is 9.93. The summed E-state index contributed by atoms with van der Waals surface area (Å²) in [6.45, 7) is 0. The molecule has 1 N–H and O–H groups in total. The van der Waals surface area contributed by atoms with Gasteiger partial charge >= 0.3 is 6.18 Å². The van der Waals surface area contributed by atoms with Crippen molar-refractivity contribution < 1.29 is 17.6 Å². The lowest BCUT2D eigenvalue weighted by atomic mass is 10.2. The number of benzene rings is 1. The maximum absolute atomic E-state index is 13.1. The molecule has 0 saturated carbocycles. The van der Waals surface area contributed by atoms with Crippen molar-refractivity contribution >= 4 is 23.1 Å². The second kappa shape index (κ2) is 5.00. The molecule has 0 amide bonds. The van der Waals surface area contributed by atoms with Gasteiger partial charge < -0.3 is 5.32 Å². The van der Waals surface area contributed by atoms with E-state index < -0.39 is 17.6 Å². The predicted octanol–water partition coefficient (Wildman–Crippen LogP) is 4.03. The lowest BCUT2D eigenvalue weighted by Crippen LogP contribution is -2.08. The zero-order valence-electron chi connectivity index (χ0n) is 9.17. The van der Waals surface area contributed by atoms with Gasteiger partial charge in [0, 0.05) is 5.69 Å². The molecule has 0 bridgehead atoms. The fourth-order valence-electron chi connectivity index (χ4n) is 1.35. The Morgan fingerprint density at radius 3 is 2.37 bits per heavy atom. The highest BCUT2D eigenvalue weighted by atomic mass is 35.5. The van der Waals surface area contributed by atoms with Crippen molar-refractivity contribution in [2.24, 2.45) is 0 Å². The van der Waals surface area contributed by atoms with Gasteiger partial charge in [-0.2, -0.15) is 13.2 Å². The normalized spacial score (nSPS) is 11.4. The first-order chi connectivity index (χ1) is 8.86. The lowest BCUT2D eigenvalue weighted by Gasteiger charge is -2.11. The molecule has 2 rings (SSSR count). The van der Waals surface area contributed by atoms with Crippen LogP contribution in [-0.2, 0) is 6.18 Å². The van der Waals surface area contributed by atoms with Crippen LogP contribution in [0.5, 0.6) is 0 Å². The Morgan fingerprint density at radius 2 is 1.79 bits per heavy atom. The molecule has 19 heavy (non-hydrogen) atoms. The molecular formula is C11H6ClF4N3. The molecule has 0 aliphatic heterocycles. The largest absolute Gasteiger partial charge is 0.419 e. The van der Waals surface area contributed by atoms with Crippen molar-refractivity contribution in [3.63, 3.8) is 0 Å². The van der Waals surface area contributed by atoms with Crippen LogP contribution in [0.4, 0.5) is 29.1 Å². The third-order valence-electron chi connectivity index (χ3n) is 2.18. The minimum absolute atomic E-state index is 0.0466. The third-order valence-corrected chi connectivity index (χ3v) is 2.38. The summed E-state index contributed by atoms with van der Waals surface area (Å²) in [4.78, 5) is 0. The number of rotatable bonds is 2. The Morgan fingerprint density at radius 1 is 1.05 bits per heavy atom. The number of aromatic nitrogens is 2. The molecule has 3 nitrogen and oxygen atoms in total. The van der Waals surface area contributed by atoms with E-state index in [1.807, 2.05) is 0 Å². The van der Waals surface area contributed by atoms with E-state index in [2.05, 4.69) is 15.5 Å². The summed E-state index contributed by atoms with van der Waals surface area (Å²) in [5.74, 6) is -1.13. The molecule has 0 aliphatic rings. The number of alkyl halides is 3. The zero-order chi connectivity index (χ0) is 14.0. The first kappa shape index (κ1) is 13.5. The molecular weight excluding hydrogens is 286 g/mol. The van der Waals surface area contributed by atoms with Crippen LogP contribution in [0.15, 0.2) is 30.3 Å². The van der Waals surface area contributed by atoms with Crippen LogP contribution in [0, 0.1) is 5.82 Å². The average molecular weight is 292 g/mol. The summed E-state index contributed by atoms with van der Waals surface area (Å²) in [5.41, 5.74) is -1.30. The molecule has 1 aromatic carbocycles. The summed E-state index contributed by atoms with van der Waals surface area (Å²) in [6, 6.07) is 5.41. The molecule has 2 aromatic rings. The first-order valence-corrected chi connectivity index (χ1v) is 5.37. The van der Waals surface area contributed by atoms with Crippen LogP contribution >= 0.6 is 11.6 Å². The highest BCUT2D eigenvalue weighted by Crippen LogP contribution is 2.33. The summed E-state index contributed by atoms with van der Waals surface area (Å²) in [5, 5.41) is 9.87. The van der Waals surface area contributed by atoms with Crippen molar-refractivity contribution in [1.29, 1.82) is 0 Å². The van der Waals surface area contributed by atoms with E-state index in [1.54, 1.807) is 0 Å². The van der Waals surface area contributed by atoms with Gasteiger partial charge in [0.25, 0.3) is 0 Å². The van der Waals surface area contributed by atoms with Crippen molar-refractivity contribution in [1.82, 2.24) is 10.2 Å². The molecule has 0 aliphatic carbocycles. The molecule has 8 heteroatoms. The monoisotopic (exact) mass is 291 g/mol. The Hall–Kier alpha value is -1.89. The van der Waals surface area contributed by atoms with Gasteiger partial charge in [0.1, 0.15) is 5.82 Å². The van der Waals surface area contributed by atoms with E-state index >= 15 is 0 Å². The van der Waals surface area contributed by atoms with E-state index in [0.29, 0.717) is 6.07 Å². The third kappa shape index (κ3) is 3.31. The Labute approximate surface area is 110 Å². The van der Waals surface area contributed by atoms with Crippen molar-refractivity contribution in [2.75, 3.05) is 5.32 Å². The Balaban J connectivity index is 2.29. The number of nitrogens with one attached hydrogen (secondary N) is 1. The van der Waals surface area contributed by atoms with Crippen LogP contribution in [0.2, 0.25) is 5.15 Å². The van der Waals surface area contributed by atoms with E-state index in [-0.39, 0.29) is 16.7 Å². The number of hydrogen-bond acceptors (Lipinski definition) is 3. The van der Waals surface area contributed by atoms with Crippen LogP contribution in [-0.4, -0.2) is 10.2 Å². The molecule has 1 heterocycles. The van der Waals surface area contributed by atoms with Crippen molar-refractivity contribution in [3.8, 4) is 0 Å².